The average Bonchev–Trinajstić information content (AvgIpc) is 2.62. The van der Waals surface area contributed by atoms with Crippen LogP contribution < -0.4 is 14.9 Å². The summed E-state index contributed by atoms with van der Waals surface area (Å²) in [6, 6.07) is 9.89. The van der Waals surface area contributed by atoms with E-state index in [1.807, 2.05) is 0 Å². The van der Waals surface area contributed by atoms with Gasteiger partial charge in [-0.2, -0.15) is 5.10 Å². The number of nitro groups is 1. The molecule has 0 saturated carbocycles. The number of hydrogen-bond donors (Lipinski definition) is 1. The van der Waals surface area contributed by atoms with Gasteiger partial charge in [-0.25, -0.2) is 5.43 Å². The Labute approximate surface area is 148 Å². The molecule has 0 radical (unpaired) electrons. The van der Waals surface area contributed by atoms with E-state index in [1.54, 1.807) is 18.2 Å². The van der Waals surface area contributed by atoms with Crippen molar-refractivity contribution in [2.45, 2.75) is 6.92 Å². The maximum absolute atomic E-state index is 11.9. The van der Waals surface area contributed by atoms with Crippen LogP contribution in [0, 0.1) is 10.1 Å². The molecule has 2 rings (SSSR count). The van der Waals surface area contributed by atoms with E-state index in [-0.39, 0.29) is 17.0 Å². The van der Waals surface area contributed by atoms with Crippen LogP contribution in [-0.2, 0) is 4.79 Å². The molecule has 0 saturated heterocycles. The van der Waals surface area contributed by atoms with Crippen molar-refractivity contribution in [3.63, 3.8) is 0 Å². The van der Waals surface area contributed by atoms with Gasteiger partial charge in [0.25, 0.3) is 11.6 Å². The zero-order valence-electron chi connectivity index (χ0n) is 14.0. The highest BCUT2D eigenvalue weighted by Gasteiger charge is 2.09. The number of nitrogens with one attached hydrogen (secondary N) is 1. The lowest BCUT2D eigenvalue weighted by Gasteiger charge is -2.08. The van der Waals surface area contributed by atoms with Gasteiger partial charge < -0.3 is 9.47 Å². The Morgan fingerprint density at radius 2 is 1.85 bits per heavy atom. The number of esters is 1. The first kappa shape index (κ1) is 18.6. The lowest BCUT2D eigenvalue weighted by atomic mass is 10.2. The molecule has 0 aromatic heterocycles. The largest absolute Gasteiger partial charge is 0.493 e. The third-order valence-electron chi connectivity index (χ3n) is 3.16. The molecule has 1 amide bonds. The number of non-ortho nitro benzene ring substituents is 1. The van der Waals surface area contributed by atoms with Crippen molar-refractivity contribution >= 4 is 23.8 Å². The SMILES string of the molecule is COc1cc(/C=N\NC(=O)c2ccc([N+](=O)[O-])cc2)ccc1OC(C)=O. The van der Waals surface area contributed by atoms with Crippen LogP contribution in [-0.4, -0.2) is 30.1 Å². The number of methoxy groups -OCH3 is 1. The van der Waals surface area contributed by atoms with E-state index in [0.717, 1.165) is 0 Å². The summed E-state index contributed by atoms with van der Waals surface area (Å²) in [5, 5.41) is 14.4. The number of nitrogens with zero attached hydrogens (tertiary/aromatic N) is 2. The van der Waals surface area contributed by atoms with Crippen LogP contribution in [0.15, 0.2) is 47.6 Å². The first-order chi connectivity index (χ1) is 12.4. The standard InChI is InChI=1S/C17H15N3O6/c1-11(21)26-15-8-3-12(9-16(15)25-2)10-18-19-17(22)13-4-6-14(7-5-13)20(23)24/h3-10H,1-2H3,(H,19,22)/b18-10-. The molecule has 2 aromatic rings. The molecule has 0 atom stereocenters. The van der Waals surface area contributed by atoms with Crippen LogP contribution in [0.25, 0.3) is 0 Å². The van der Waals surface area contributed by atoms with E-state index in [1.165, 1.54) is 44.5 Å². The molecule has 0 bridgehead atoms. The Morgan fingerprint density at radius 3 is 2.42 bits per heavy atom. The number of carbonyl (C=O) groups excluding carboxylic acids is 2. The number of hydrogen-bond acceptors (Lipinski definition) is 7. The molecule has 2 aromatic carbocycles. The molecule has 0 spiro atoms. The summed E-state index contributed by atoms with van der Waals surface area (Å²) in [5.41, 5.74) is 3.04. The minimum absolute atomic E-state index is 0.106. The fourth-order valence-electron chi connectivity index (χ4n) is 1.97. The van der Waals surface area contributed by atoms with Crippen LogP contribution in [0.4, 0.5) is 5.69 Å². The van der Waals surface area contributed by atoms with Gasteiger partial charge in [-0.1, -0.05) is 0 Å². The first-order valence-electron chi connectivity index (χ1n) is 7.35. The Morgan fingerprint density at radius 1 is 1.15 bits per heavy atom. The number of benzene rings is 2. The summed E-state index contributed by atoms with van der Waals surface area (Å²) in [4.78, 5) is 33.0. The van der Waals surface area contributed by atoms with Crippen LogP contribution in [0.2, 0.25) is 0 Å². The highest BCUT2D eigenvalue weighted by atomic mass is 16.6. The fourth-order valence-corrected chi connectivity index (χ4v) is 1.97. The second-order valence-corrected chi connectivity index (χ2v) is 5.01. The van der Waals surface area contributed by atoms with Crippen molar-refractivity contribution in [3.05, 3.63) is 63.7 Å². The van der Waals surface area contributed by atoms with Gasteiger partial charge in [-0.15, -0.1) is 0 Å². The molecule has 0 heterocycles. The smallest absolute Gasteiger partial charge is 0.308 e. The molecule has 9 heteroatoms. The minimum atomic E-state index is -0.549. The van der Waals surface area contributed by atoms with Crippen LogP contribution >= 0.6 is 0 Å². The Kier molecular flexibility index (Phi) is 5.99. The molecule has 9 nitrogen and oxygen atoms in total. The number of carbonyl (C=O) groups is 2. The summed E-state index contributed by atoms with van der Waals surface area (Å²) in [6.07, 6.45) is 1.38. The summed E-state index contributed by atoms with van der Waals surface area (Å²) < 4.78 is 10.1. The Bertz CT molecular complexity index is 861. The summed E-state index contributed by atoms with van der Waals surface area (Å²) in [7, 11) is 1.43. The summed E-state index contributed by atoms with van der Waals surface area (Å²) >= 11 is 0. The third-order valence-corrected chi connectivity index (χ3v) is 3.16. The fraction of sp³-hybridized carbons (Fsp3) is 0.118. The van der Waals surface area contributed by atoms with E-state index in [4.69, 9.17) is 9.47 Å². The first-order valence-corrected chi connectivity index (χ1v) is 7.35. The molecule has 0 fully saturated rings. The molecule has 1 N–H and O–H groups in total. The zero-order chi connectivity index (χ0) is 19.1. The van der Waals surface area contributed by atoms with Crippen LogP contribution in [0.5, 0.6) is 11.5 Å². The number of amides is 1. The van der Waals surface area contributed by atoms with E-state index in [0.29, 0.717) is 11.3 Å². The van der Waals surface area contributed by atoms with Crippen molar-refractivity contribution in [3.8, 4) is 11.5 Å². The topological polar surface area (TPSA) is 120 Å². The summed E-state index contributed by atoms with van der Waals surface area (Å²) in [5.74, 6) is -0.377. The van der Waals surface area contributed by atoms with Crippen molar-refractivity contribution in [2.24, 2.45) is 5.10 Å². The maximum atomic E-state index is 11.9. The monoisotopic (exact) mass is 357 g/mol. The highest BCUT2D eigenvalue weighted by molar-refractivity contribution is 5.95. The lowest BCUT2D eigenvalue weighted by molar-refractivity contribution is -0.384. The van der Waals surface area contributed by atoms with Crippen molar-refractivity contribution in [2.75, 3.05) is 7.11 Å². The van der Waals surface area contributed by atoms with Gasteiger partial charge >= 0.3 is 5.97 Å². The van der Waals surface area contributed by atoms with Gasteiger partial charge in [-0.05, 0) is 35.9 Å². The highest BCUT2D eigenvalue weighted by Crippen LogP contribution is 2.27. The number of rotatable bonds is 6. The molecule has 0 aliphatic rings. The van der Waals surface area contributed by atoms with Crippen LogP contribution in [0.1, 0.15) is 22.8 Å². The van der Waals surface area contributed by atoms with Crippen molar-refractivity contribution < 1.29 is 24.0 Å². The third kappa shape index (κ3) is 4.87. The average molecular weight is 357 g/mol. The molecular weight excluding hydrogens is 342 g/mol. The van der Waals surface area contributed by atoms with Gasteiger partial charge in [0.1, 0.15) is 0 Å². The van der Waals surface area contributed by atoms with Gasteiger partial charge in [0.05, 0.1) is 18.2 Å². The quantitative estimate of drug-likeness (QED) is 0.278. The molecule has 26 heavy (non-hydrogen) atoms. The number of hydrazone groups is 1. The van der Waals surface area contributed by atoms with Gasteiger partial charge in [-0.3, -0.25) is 19.7 Å². The zero-order valence-corrected chi connectivity index (χ0v) is 14.0. The molecule has 134 valence electrons. The molecule has 0 aliphatic heterocycles. The number of nitro benzene ring substituents is 1. The van der Waals surface area contributed by atoms with E-state index >= 15 is 0 Å². The van der Waals surface area contributed by atoms with Crippen molar-refractivity contribution in [1.82, 2.24) is 5.43 Å². The predicted molar refractivity (Wildman–Crippen MR) is 92.5 cm³/mol. The minimum Gasteiger partial charge on any atom is -0.493 e. The van der Waals surface area contributed by atoms with Gasteiger partial charge in [0.2, 0.25) is 0 Å². The number of ether oxygens (including phenoxy) is 2. The second kappa shape index (κ2) is 8.38. The molecule has 0 aliphatic carbocycles. The van der Waals surface area contributed by atoms with Gasteiger partial charge in [0, 0.05) is 24.6 Å². The maximum Gasteiger partial charge on any atom is 0.308 e. The van der Waals surface area contributed by atoms with Crippen molar-refractivity contribution in [1.29, 1.82) is 0 Å². The Hall–Kier alpha value is -3.75. The lowest BCUT2D eigenvalue weighted by Crippen LogP contribution is -2.17. The molecule has 0 unspecified atom stereocenters. The summed E-state index contributed by atoms with van der Waals surface area (Å²) in [6.45, 7) is 1.28. The normalized spacial score (nSPS) is 10.4. The van der Waals surface area contributed by atoms with Gasteiger partial charge in [0.15, 0.2) is 11.5 Å². The molecular formula is C17H15N3O6. The van der Waals surface area contributed by atoms with E-state index < -0.39 is 16.8 Å². The van der Waals surface area contributed by atoms with E-state index in [9.17, 15) is 19.7 Å². The second-order valence-electron chi connectivity index (χ2n) is 5.01. The van der Waals surface area contributed by atoms with Crippen LogP contribution in [0.3, 0.4) is 0 Å². The predicted octanol–water partition coefficient (Wildman–Crippen LogP) is 2.29. The Balaban J connectivity index is 2.04. The van der Waals surface area contributed by atoms with E-state index in [2.05, 4.69) is 10.5 Å².